The Labute approximate surface area is 133 Å². The number of halogens is 2. The Balaban J connectivity index is 3.07. The van der Waals surface area contributed by atoms with Crippen LogP contribution in [0.15, 0.2) is 12.1 Å². The quantitative estimate of drug-likeness (QED) is 0.886. The van der Waals surface area contributed by atoms with Gasteiger partial charge < -0.3 is 15.2 Å². The molecule has 2 N–H and O–H groups in total. The molecule has 0 radical (unpaired) electrons. The fourth-order valence-corrected chi connectivity index (χ4v) is 2.39. The first kappa shape index (κ1) is 17.6. The van der Waals surface area contributed by atoms with Gasteiger partial charge in [-0.15, -0.1) is 0 Å². The largest absolute Gasteiger partial charge is 0.494 e. The first-order chi connectivity index (χ1) is 9.57. The van der Waals surface area contributed by atoms with Crippen molar-refractivity contribution < 1.29 is 19.4 Å². The first-order valence-corrected chi connectivity index (χ1v) is 6.90. The molecule has 1 amide bonds. The molecule has 1 aromatic carbocycles. The van der Waals surface area contributed by atoms with E-state index in [1.165, 1.54) is 19.2 Å². The maximum atomic E-state index is 12.2. The van der Waals surface area contributed by atoms with Gasteiger partial charge in [-0.05, 0) is 17.5 Å². The van der Waals surface area contributed by atoms with E-state index in [-0.39, 0.29) is 21.4 Å². The van der Waals surface area contributed by atoms with Crippen molar-refractivity contribution in [3.05, 3.63) is 27.7 Å². The molecule has 1 rings (SSSR count). The summed E-state index contributed by atoms with van der Waals surface area (Å²) < 4.78 is 4.99. The molecule has 5 nitrogen and oxygen atoms in total. The van der Waals surface area contributed by atoms with Crippen LogP contribution >= 0.6 is 23.2 Å². The molecule has 0 aromatic heterocycles. The van der Waals surface area contributed by atoms with Crippen molar-refractivity contribution in [2.45, 2.75) is 26.8 Å². The number of carbonyl (C=O) groups is 2. The number of rotatable bonds is 4. The van der Waals surface area contributed by atoms with Crippen LogP contribution in [0.3, 0.4) is 0 Å². The summed E-state index contributed by atoms with van der Waals surface area (Å²) in [6.07, 6.45) is 0. The summed E-state index contributed by atoms with van der Waals surface area (Å²) in [5, 5.41) is 12.0. The predicted octanol–water partition coefficient (Wildman–Crippen LogP) is 3.23. The van der Waals surface area contributed by atoms with Crippen LogP contribution in [0.2, 0.25) is 10.0 Å². The molecule has 0 saturated heterocycles. The van der Waals surface area contributed by atoms with Gasteiger partial charge in [0.2, 0.25) is 0 Å². The second-order valence-electron chi connectivity index (χ2n) is 5.58. The number of hydrogen-bond donors (Lipinski definition) is 2. The number of carbonyl (C=O) groups excluding carboxylic acids is 1. The van der Waals surface area contributed by atoms with Crippen LogP contribution in [0.5, 0.6) is 5.75 Å². The molecule has 1 unspecified atom stereocenters. The van der Waals surface area contributed by atoms with Crippen LogP contribution in [0.4, 0.5) is 0 Å². The third-order valence-corrected chi connectivity index (χ3v) is 3.41. The van der Waals surface area contributed by atoms with Crippen LogP contribution in [-0.4, -0.2) is 30.1 Å². The van der Waals surface area contributed by atoms with E-state index in [0.29, 0.717) is 0 Å². The Morgan fingerprint density at radius 2 is 1.71 bits per heavy atom. The highest BCUT2D eigenvalue weighted by Gasteiger charge is 2.33. The van der Waals surface area contributed by atoms with Gasteiger partial charge >= 0.3 is 5.97 Å². The van der Waals surface area contributed by atoms with Crippen molar-refractivity contribution >= 4 is 35.1 Å². The van der Waals surface area contributed by atoms with Gasteiger partial charge in [0.1, 0.15) is 6.04 Å². The van der Waals surface area contributed by atoms with Crippen LogP contribution < -0.4 is 10.1 Å². The second-order valence-corrected chi connectivity index (χ2v) is 6.40. The molecule has 7 heteroatoms. The Hall–Kier alpha value is -1.46. The summed E-state index contributed by atoms with van der Waals surface area (Å²) in [7, 11) is 1.41. The van der Waals surface area contributed by atoms with Crippen LogP contribution in [0, 0.1) is 5.41 Å². The Morgan fingerprint density at radius 1 is 1.24 bits per heavy atom. The zero-order valence-electron chi connectivity index (χ0n) is 12.2. The van der Waals surface area contributed by atoms with E-state index < -0.39 is 23.3 Å². The maximum Gasteiger partial charge on any atom is 0.326 e. The topological polar surface area (TPSA) is 75.6 Å². The smallest absolute Gasteiger partial charge is 0.326 e. The average molecular weight is 334 g/mol. The molecule has 0 aliphatic heterocycles. The van der Waals surface area contributed by atoms with Crippen LogP contribution in [0.1, 0.15) is 31.1 Å². The fourth-order valence-electron chi connectivity index (χ4n) is 1.75. The maximum absolute atomic E-state index is 12.2. The molecule has 1 atom stereocenters. The van der Waals surface area contributed by atoms with E-state index in [0.717, 1.165) is 0 Å². The van der Waals surface area contributed by atoms with Gasteiger partial charge in [-0.3, -0.25) is 4.79 Å². The number of carboxylic acid groups (broad SMARTS) is 1. The fraction of sp³-hybridized carbons (Fsp3) is 0.429. The zero-order chi connectivity index (χ0) is 16.4. The van der Waals surface area contributed by atoms with E-state index in [1.807, 2.05) is 0 Å². The van der Waals surface area contributed by atoms with Gasteiger partial charge in [-0.25, -0.2) is 4.79 Å². The van der Waals surface area contributed by atoms with Gasteiger partial charge in [-0.2, -0.15) is 0 Å². The molecule has 0 aliphatic rings. The summed E-state index contributed by atoms with van der Waals surface area (Å²) in [6.45, 7) is 5.17. The first-order valence-electron chi connectivity index (χ1n) is 6.14. The molecular formula is C14H17Cl2NO4. The Morgan fingerprint density at radius 3 is 2.05 bits per heavy atom. The lowest BCUT2D eigenvalue weighted by atomic mass is 9.86. The SMILES string of the molecule is COc1c(Cl)cc(C(=O)NC(C(=O)O)C(C)(C)C)cc1Cl. The minimum absolute atomic E-state index is 0.168. The number of hydrogen-bond acceptors (Lipinski definition) is 3. The van der Waals surface area contributed by atoms with E-state index >= 15 is 0 Å². The highest BCUT2D eigenvalue weighted by atomic mass is 35.5. The molecule has 0 heterocycles. The summed E-state index contributed by atoms with van der Waals surface area (Å²) in [5.74, 6) is -1.41. The molecule has 0 aliphatic carbocycles. The Kier molecular flexibility index (Phi) is 5.48. The van der Waals surface area contributed by atoms with Crippen LogP contribution in [0.25, 0.3) is 0 Å². The summed E-state index contributed by atoms with van der Waals surface area (Å²) in [4.78, 5) is 23.4. The van der Waals surface area contributed by atoms with Crippen molar-refractivity contribution in [2.24, 2.45) is 5.41 Å². The zero-order valence-corrected chi connectivity index (χ0v) is 13.7. The molecule has 21 heavy (non-hydrogen) atoms. The van der Waals surface area contributed by atoms with Crippen molar-refractivity contribution in [1.82, 2.24) is 5.32 Å². The lowest BCUT2D eigenvalue weighted by Gasteiger charge is -2.27. The third-order valence-electron chi connectivity index (χ3n) is 2.85. The number of carboxylic acids is 1. The Bertz CT molecular complexity index is 544. The van der Waals surface area contributed by atoms with Crippen molar-refractivity contribution in [2.75, 3.05) is 7.11 Å². The summed E-state index contributed by atoms with van der Waals surface area (Å²) >= 11 is 11.9. The van der Waals surface area contributed by atoms with E-state index in [1.54, 1.807) is 20.8 Å². The lowest BCUT2D eigenvalue weighted by molar-refractivity contribution is -0.142. The molecule has 1 aromatic rings. The number of amides is 1. The lowest BCUT2D eigenvalue weighted by Crippen LogP contribution is -2.49. The van der Waals surface area contributed by atoms with Gasteiger partial charge in [0.25, 0.3) is 5.91 Å². The molecular weight excluding hydrogens is 317 g/mol. The molecule has 116 valence electrons. The van der Waals surface area contributed by atoms with Crippen molar-refractivity contribution in [1.29, 1.82) is 0 Å². The standard InChI is InChI=1S/C14H17Cl2NO4/c1-14(2,3)11(13(19)20)17-12(18)7-5-8(15)10(21-4)9(16)6-7/h5-6,11H,1-4H3,(H,17,18)(H,19,20). The number of benzene rings is 1. The molecule has 0 bridgehead atoms. The van der Waals surface area contributed by atoms with Gasteiger partial charge in [0.15, 0.2) is 5.75 Å². The average Bonchev–Trinajstić information content (AvgIpc) is 2.33. The monoisotopic (exact) mass is 333 g/mol. The van der Waals surface area contributed by atoms with Crippen molar-refractivity contribution in [3.63, 3.8) is 0 Å². The molecule has 0 saturated carbocycles. The summed E-state index contributed by atoms with van der Waals surface area (Å²) in [5.41, 5.74) is -0.469. The van der Waals surface area contributed by atoms with E-state index in [9.17, 15) is 14.7 Å². The highest BCUT2D eigenvalue weighted by molar-refractivity contribution is 6.37. The number of methoxy groups -OCH3 is 1. The van der Waals surface area contributed by atoms with E-state index in [2.05, 4.69) is 5.32 Å². The normalized spacial score (nSPS) is 12.7. The third kappa shape index (κ3) is 4.25. The number of nitrogens with one attached hydrogen (secondary N) is 1. The van der Waals surface area contributed by atoms with Gasteiger partial charge in [-0.1, -0.05) is 44.0 Å². The number of ether oxygens (including phenoxy) is 1. The van der Waals surface area contributed by atoms with Gasteiger partial charge in [0.05, 0.1) is 17.2 Å². The minimum atomic E-state index is -1.11. The van der Waals surface area contributed by atoms with Crippen molar-refractivity contribution in [3.8, 4) is 5.75 Å². The van der Waals surface area contributed by atoms with Gasteiger partial charge in [0, 0.05) is 5.56 Å². The second kappa shape index (κ2) is 6.54. The minimum Gasteiger partial charge on any atom is -0.494 e. The molecule has 0 spiro atoms. The molecule has 0 fully saturated rings. The van der Waals surface area contributed by atoms with E-state index in [4.69, 9.17) is 27.9 Å². The predicted molar refractivity (Wildman–Crippen MR) is 81.4 cm³/mol. The number of aliphatic carboxylic acids is 1. The van der Waals surface area contributed by atoms with Crippen LogP contribution in [-0.2, 0) is 4.79 Å². The summed E-state index contributed by atoms with van der Waals surface area (Å²) in [6, 6.07) is 1.72. The highest BCUT2D eigenvalue weighted by Crippen LogP contribution is 2.34.